The van der Waals surface area contributed by atoms with Crippen LogP contribution in [0, 0.1) is 27.4 Å². The fraction of sp³-hybridized carbons (Fsp3) is 0.400. The summed E-state index contributed by atoms with van der Waals surface area (Å²) in [6.45, 7) is 1.63. The average Bonchev–Trinajstić information content (AvgIpc) is 2.38. The highest BCUT2D eigenvalue weighted by molar-refractivity contribution is 7.89. The molecule has 1 aromatic rings. The number of nitro groups is 1. The molecule has 0 fully saturated rings. The fourth-order valence-corrected chi connectivity index (χ4v) is 2.54. The van der Waals surface area contributed by atoms with E-state index in [1.54, 1.807) is 6.92 Å². The Morgan fingerprint density at radius 2 is 2.21 bits per heavy atom. The van der Waals surface area contributed by atoms with Gasteiger partial charge in [-0.15, -0.1) is 0 Å². The zero-order chi connectivity index (χ0) is 14.6. The molecular weight excluding hydrogens is 272 g/mol. The van der Waals surface area contributed by atoms with Gasteiger partial charge in [-0.1, -0.05) is 0 Å². The van der Waals surface area contributed by atoms with Gasteiger partial charge in [0.1, 0.15) is 4.90 Å². The molecule has 0 radical (unpaired) electrons. The molecule has 0 aliphatic heterocycles. The van der Waals surface area contributed by atoms with Crippen molar-refractivity contribution in [3.05, 3.63) is 28.4 Å². The lowest BCUT2D eigenvalue weighted by Crippen LogP contribution is -2.30. The van der Waals surface area contributed by atoms with E-state index in [1.807, 2.05) is 6.07 Å². The second-order valence-electron chi connectivity index (χ2n) is 3.92. The number of aromatic nitrogens is 1. The number of nitrogens with zero attached hydrogens (tertiary/aromatic N) is 4. The van der Waals surface area contributed by atoms with Crippen molar-refractivity contribution in [1.82, 2.24) is 9.29 Å². The summed E-state index contributed by atoms with van der Waals surface area (Å²) in [4.78, 5) is 13.0. The molecule has 8 nitrogen and oxygen atoms in total. The van der Waals surface area contributed by atoms with Crippen LogP contribution in [0.1, 0.15) is 6.92 Å². The van der Waals surface area contributed by atoms with E-state index in [0.717, 1.165) is 22.6 Å². The minimum Gasteiger partial charge on any atom is -0.358 e. The van der Waals surface area contributed by atoms with Crippen LogP contribution in [0.5, 0.6) is 0 Å². The SMILES string of the molecule is CC(C#N)CN(C)S(=O)(=O)c1ccc([N+](=O)[O-])nc1. The van der Waals surface area contributed by atoms with E-state index >= 15 is 0 Å². The first kappa shape index (κ1) is 15.0. The first-order valence-electron chi connectivity index (χ1n) is 5.25. The van der Waals surface area contributed by atoms with E-state index in [1.165, 1.54) is 7.05 Å². The third-order valence-electron chi connectivity index (χ3n) is 2.37. The van der Waals surface area contributed by atoms with Crippen molar-refractivity contribution >= 4 is 15.8 Å². The number of pyridine rings is 1. The van der Waals surface area contributed by atoms with E-state index in [-0.39, 0.29) is 11.4 Å². The van der Waals surface area contributed by atoms with E-state index in [0.29, 0.717) is 0 Å². The first-order chi connectivity index (χ1) is 8.78. The van der Waals surface area contributed by atoms with E-state index in [4.69, 9.17) is 5.26 Å². The summed E-state index contributed by atoms with van der Waals surface area (Å²) in [6.07, 6.45) is 0.932. The van der Waals surface area contributed by atoms with E-state index < -0.39 is 26.7 Å². The quantitative estimate of drug-likeness (QED) is 0.582. The minimum atomic E-state index is -3.79. The predicted octanol–water partition coefficient (Wildman–Crippen LogP) is 0.770. The van der Waals surface area contributed by atoms with Crippen LogP contribution in [0.15, 0.2) is 23.2 Å². The van der Waals surface area contributed by atoms with E-state index in [2.05, 4.69) is 4.98 Å². The van der Waals surface area contributed by atoms with Crippen molar-refractivity contribution in [3.8, 4) is 6.07 Å². The van der Waals surface area contributed by atoms with Crippen molar-refractivity contribution in [2.45, 2.75) is 11.8 Å². The second kappa shape index (κ2) is 5.73. The van der Waals surface area contributed by atoms with Gasteiger partial charge in [-0.3, -0.25) is 0 Å². The molecule has 0 saturated carbocycles. The molecule has 102 valence electrons. The van der Waals surface area contributed by atoms with E-state index in [9.17, 15) is 18.5 Å². The summed E-state index contributed by atoms with van der Waals surface area (Å²) < 4.78 is 25.2. The Labute approximate surface area is 110 Å². The zero-order valence-corrected chi connectivity index (χ0v) is 11.2. The van der Waals surface area contributed by atoms with Gasteiger partial charge in [0.15, 0.2) is 6.20 Å². The number of nitriles is 1. The molecule has 0 N–H and O–H groups in total. The molecule has 1 atom stereocenters. The van der Waals surface area contributed by atoms with Gasteiger partial charge in [0.05, 0.1) is 12.0 Å². The third-order valence-corrected chi connectivity index (χ3v) is 4.17. The average molecular weight is 284 g/mol. The van der Waals surface area contributed by atoms with Crippen LogP contribution in [0.3, 0.4) is 0 Å². The summed E-state index contributed by atoms with van der Waals surface area (Å²) in [7, 11) is -2.45. The molecule has 0 amide bonds. The van der Waals surface area contributed by atoms with Crippen LogP contribution in [0.4, 0.5) is 5.82 Å². The van der Waals surface area contributed by atoms with Gasteiger partial charge in [0.25, 0.3) is 0 Å². The van der Waals surface area contributed by atoms with Crippen molar-refractivity contribution in [2.75, 3.05) is 13.6 Å². The van der Waals surface area contributed by atoms with Crippen LogP contribution in [-0.2, 0) is 10.0 Å². The molecule has 1 aromatic heterocycles. The molecule has 19 heavy (non-hydrogen) atoms. The Kier molecular flexibility index (Phi) is 4.52. The Bertz CT molecular complexity index is 605. The number of hydrogen-bond donors (Lipinski definition) is 0. The van der Waals surface area contributed by atoms with Gasteiger partial charge in [0, 0.05) is 19.7 Å². The topological polar surface area (TPSA) is 117 Å². The summed E-state index contributed by atoms with van der Waals surface area (Å²) in [5.41, 5.74) is 0. The molecule has 0 aliphatic carbocycles. The molecular formula is C10H12N4O4S. The maximum atomic E-state index is 12.1. The van der Waals surface area contributed by atoms with Gasteiger partial charge in [-0.25, -0.2) is 8.42 Å². The van der Waals surface area contributed by atoms with Crippen LogP contribution in [0.25, 0.3) is 0 Å². The standard InChI is InChI=1S/C10H12N4O4S/c1-8(5-11)7-13(2)19(17,18)9-3-4-10(12-6-9)14(15)16/h3-4,6,8H,7H2,1-2H3. The van der Waals surface area contributed by atoms with Crippen LogP contribution >= 0.6 is 0 Å². The maximum absolute atomic E-state index is 12.1. The molecule has 9 heteroatoms. The number of hydrogen-bond acceptors (Lipinski definition) is 6. The highest BCUT2D eigenvalue weighted by Gasteiger charge is 2.24. The van der Waals surface area contributed by atoms with Gasteiger partial charge < -0.3 is 10.1 Å². The van der Waals surface area contributed by atoms with Crippen LogP contribution in [-0.4, -0.2) is 36.2 Å². The molecule has 0 spiro atoms. The molecule has 0 saturated heterocycles. The Hall–Kier alpha value is -2.05. The summed E-state index contributed by atoms with van der Waals surface area (Å²) in [5, 5.41) is 19.1. The minimum absolute atomic E-state index is 0.0375. The Balaban J connectivity index is 3.00. The zero-order valence-electron chi connectivity index (χ0n) is 10.3. The third kappa shape index (κ3) is 3.46. The summed E-state index contributed by atoms with van der Waals surface area (Å²) in [5.74, 6) is -0.877. The van der Waals surface area contributed by atoms with Crippen molar-refractivity contribution < 1.29 is 13.3 Å². The second-order valence-corrected chi connectivity index (χ2v) is 5.97. The fourth-order valence-electron chi connectivity index (χ4n) is 1.34. The van der Waals surface area contributed by atoms with Crippen molar-refractivity contribution in [2.24, 2.45) is 5.92 Å². The lowest BCUT2D eigenvalue weighted by molar-refractivity contribution is -0.389. The molecule has 1 rings (SSSR count). The van der Waals surface area contributed by atoms with Crippen molar-refractivity contribution in [1.29, 1.82) is 5.26 Å². The highest BCUT2D eigenvalue weighted by atomic mass is 32.2. The lowest BCUT2D eigenvalue weighted by Gasteiger charge is -2.17. The normalized spacial score (nSPS) is 12.9. The largest absolute Gasteiger partial charge is 0.363 e. The molecule has 0 aliphatic rings. The maximum Gasteiger partial charge on any atom is 0.363 e. The lowest BCUT2D eigenvalue weighted by atomic mass is 10.2. The van der Waals surface area contributed by atoms with Gasteiger partial charge >= 0.3 is 5.82 Å². The first-order valence-corrected chi connectivity index (χ1v) is 6.69. The number of rotatable bonds is 5. The van der Waals surface area contributed by atoms with Gasteiger partial charge in [-0.05, 0) is 22.9 Å². The van der Waals surface area contributed by atoms with Crippen LogP contribution in [0.2, 0.25) is 0 Å². The predicted molar refractivity (Wildman–Crippen MR) is 65.5 cm³/mol. The smallest absolute Gasteiger partial charge is 0.358 e. The Morgan fingerprint density at radius 3 is 2.63 bits per heavy atom. The molecule has 1 unspecified atom stereocenters. The molecule has 0 aromatic carbocycles. The summed E-state index contributed by atoms with van der Waals surface area (Å²) >= 11 is 0. The summed E-state index contributed by atoms with van der Waals surface area (Å²) in [6, 6.07) is 4.07. The Morgan fingerprint density at radius 1 is 1.58 bits per heavy atom. The molecule has 1 heterocycles. The van der Waals surface area contributed by atoms with Gasteiger partial charge in [0.2, 0.25) is 10.0 Å². The monoisotopic (exact) mass is 284 g/mol. The molecule has 0 bridgehead atoms. The van der Waals surface area contributed by atoms with Gasteiger partial charge in [-0.2, -0.15) is 9.57 Å². The highest BCUT2D eigenvalue weighted by Crippen LogP contribution is 2.16. The van der Waals surface area contributed by atoms with Crippen molar-refractivity contribution in [3.63, 3.8) is 0 Å². The number of sulfonamides is 1. The van der Waals surface area contributed by atoms with Crippen LogP contribution < -0.4 is 0 Å².